The lowest BCUT2D eigenvalue weighted by atomic mass is 9.99. The second kappa shape index (κ2) is 12.6. The summed E-state index contributed by atoms with van der Waals surface area (Å²) in [7, 11) is 2.88. The molecule has 3 rings (SSSR count). The van der Waals surface area contributed by atoms with E-state index in [0.29, 0.717) is 24.3 Å². The molecule has 1 aliphatic heterocycles. The third kappa shape index (κ3) is 6.65. The molecule has 0 aromatic heterocycles. The van der Waals surface area contributed by atoms with E-state index in [4.69, 9.17) is 18.9 Å². The van der Waals surface area contributed by atoms with Gasteiger partial charge >= 0.3 is 0 Å². The Labute approximate surface area is 208 Å². The van der Waals surface area contributed by atoms with Gasteiger partial charge in [-0.1, -0.05) is 12.1 Å². The summed E-state index contributed by atoms with van der Waals surface area (Å²) in [6, 6.07) is 9.78. The molecule has 0 aliphatic carbocycles. The van der Waals surface area contributed by atoms with E-state index in [1.807, 2.05) is 0 Å². The van der Waals surface area contributed by atoms with E-state index in [-0.39, 0.29) is 23.2 Å². The minimum atomic E-state index is -1.57. The molecule has 0 radical (unpaired) electrons. The normalized spacial score (nSPS) is 23.9. The molecule has 1 amide bonds. The maximum Gasteiger partial charge on any atom is 0.244 e. The van der Waals surface area contributed by atoms with Gasteiger partial charge in [-0.3, -0.25) is 4.79 Å². The van der Waals surface area contributed by atoms with Crippen LogP contribution in [0.4, 0.5) is 0 Å². The molecule has 1 saturated heterocycles. The van der Waals surface area contributed by atoms with Crippen molar-refractivity contribution in [1.82, 2.24) is 5.32 Å². The summed E-state index contributed by atoms with van der Waals surface area (Å²) in [5, 5.41) is 51.8. The van der Waals surface area contributed by atoms with Crippen LogP contribution in [0.3, 0.4) is 0 Å². The molecule has 5 atom stereocenters. The lowest BCUT2D eigenvalue weighted by Crippen LogP contribution is -2.60. The molecular formula is C25H31NO10. The SMILES string of the molecule is COc1cc(CCNC(=O)C=Cc2ccc(OC3OC(CO)C(O)C(O)C3O)c(OC)c2)ccc1O. The van der Waals surface area contributed by atoms with Crippen molar-refractivity contribution in [1.29, 1.82) is 0 Å². The van der Waals surface area contributed by atoms with Crippen LogP contribution in [0.1, 0.15) is 11.1 Å². The largest absolute Gasteiger partial charge is 0.504 e. The fourth-order valence-electron chi connectivity index (χ4n) is 3.61. The summed E-state index contributed by atoms with van der Waals surface area (Å²) < 4.78 is 21.4. The number of phenols is 1. The summed E-state index contributed by atoms with van der Waals surface area (Å²) in [4.78, 5) is 12.2. The van der Waals surface area contributed by atoms with E-state index in [1.54, 1.807) is 30.3 Å². The van der Waals surface area contributed by atoms with Crippen molar-refractivity contribution < 1.29 is 49.3 Å². The highest BCUT2D eigenvalue weighted by molar-refractivity contribution is 5.91. The molecular weight excluding hydrogens is 474 g/mol. The standard InChI is InChI=1S/C25H31NO10/c1-33-18-11-15(3-6-16(18)28)9-10-26-21(29)8-5-14-4-7-17(19(12-14)34-2)35-25-24(32)23(31)22(30)20(13-27)36-25/h3-8,11-12,20,22-25,27-28,30-32H,9-10,13H2,1-2H3,(H,26,29). The molecule has 36 heavy (non-hydrogen) atoms. The van der Waals surface area contributed by atoms with Gasteiger partial charge in [0.1, 0.15) is 24.4 Å². The van der Waals surface area contributed by atoms with E-state index in [9.17, 15) is 30.3 Å². The molecule has 196 valence electrons. The van der Waals surface area contributed by atoms with Gasteiger partial charge < -0.3 is 49.8 Å². The first-order valence-corrected chi connectivity index (χ1v) is 11.2. The van der Waals surface area contributed by atoms with Crippen LogP contribution >= 0.6 is 0 Å². The maximum absolute atomic E-state index is 12.2. The number of nitrogens with one attached hydrogen (secondary N) is 1. The molecule has 0 spiro atoms. The van der Waals surface area contributed by atoms with Gasteiger partial charge in [-0.05, 0) is 47.9 Å². The summed E-state index contributed by atoms with van der Waals surface area (Å²) >= 11 is 0. The second-order valence-corrected chi connectivity index (χ2v) is 8.11. The highest BCUT2D eigenvalue weighted by Gasteiger charge is 2.44. The fourth-order valence-corrected chi connectivity index (χ4v) is 3.61. The number of carbonyl (C=O) groups excluding carboxylic acids is 1. The van der Waals surface area contributed by atoms with Crippen LogP contribution < -0.4 is 19.5 Å². The minimum absolute atomic E-state index is 0.0493. The van der Waals surface area contributed by atoms with Gasteiger partial charge in [0.2, 0.25) is 12.2 Å². The zero-order valence-corrected chi connectivity index (χ0v) is 19.9. The average molecular weight is 506 g/mol. The second-order valence-electron chi connectivity index (χ2n) is 8.11. The molecule has 6 N–H and O–H groups in total. The van der Waals surface area contributed by atoms with Crippen LogP contribution in [-0.4, -0.2) is 89.5 Å². The van der Waals surface area contributed by atoms with Crippen molar-refractivity contribution in [3.63, 3.8) is 0 Å². The van der Waals surface area contributed by atoms with E-state index in [1.165, 1.54) is 32.4 Å². The molecule has 1 heterocycles. The van der Waals surface area contributed by atoms with Gasteiger partial charge in [-0.2, -0.15) is 0 Å². The van der Waals surface area contributed by atoms with Gasteiger partial charge in [0.25, 0.3) is 0 Å². The Hall–Kier alpha value is -3.35. The molecule has 11 heteroatoms. The number of carbonyl (C=O) groups is 1. The van der Waals surface area contributed by atoms with Gasteiger partial charge in [0.15, 0.2) is 23.0 Å². The zero-order valence-electron chi connectivity index (χ0n) is 19.9. The number of aliphatic hydroxyl groups excluding tert-OH is 4. The van der Waals surface area contributed by atoms with E-state index in [2.05, 4.69) is 5.32 Å². The first-order chi connectivity index (χ1) is 17.3. The molecule has 2 aromatic rings. The topological polar surface area (TPSA) is 167 Å². The van der Waals surface area contributed by atoms with Crippen LogP contribution in [0.5, 0.6) is 23.0 Å². The third-order valence-corrected chi connectivity index (χ3v) is 5.66. The van der Waals surface area contributed by atoms with Crippen LogP contribution in [0.15, 0.2) is 42.5 Å². The summed E-state index contributed by atoms with van der Waals surface area (Å²) in [6.07, 6.45) is -3.57. The third-order valence-electron chi connectivity index (χ3n) is 5.66. The predicted octanol–water partition coefficient (Wildman–Crippen LogP) is -0.0398. The fraction of sp³-hybridized carbons (Fsp3) is 0.400. The van der Waals surface area contributed by atoms with Crippen molar-refractivity contribution in [3.05, 3.63) is 53.6 Å². The van der Waals surface area contributed by atoms with E-state index in [0.717, 1.165) is 5.56 Å². The molecule has 1 aliphatic rings. The molecule has 11 nitrogen and oxygen atoms in total. The number of amides is 1. The van der Waals surface area contributed by atoms with Crippen molar-refractivity contribution in [3.8, 4) is 23.0 Å². The first-order valence-electron chi connectivity index (χ1n) is 11.2. The predicted molar refractivity (Wildman–Crippen MR) is 128 cm³/mol. The number of hydrogen-bond acceptors (Lipinski definition) is 10. The zero-order chi connectivity index (χ0) is 26.2. The number of phenolic OH excluding ortho intramolecular Hbond substituents is 1. The first kappa shape index (κ1) is 27.2. The maximum atomic E-state index is 12.2. The summed E-state index contributed by atoms with van der Waals surface area (Å²) in [5.41, 5.74) is 1.53. The van der Waals surface area contributed by atoms with Crippen molar-refractivity contribution in [2.45, 2.75) is 37.1 Å². The number of aliphatic hydroxyl groups is 4. The van der Waals surface area contributed by atoms with Crippen molar-refractivity contribution >= 4 is 12.0 Å². The average Bonchev–Trinajstić information content (AvgIpc) is 2.89. The van der Waals surface area contributed by atoms with Crippen molar-refractivity contribution in [2.24, 2.45) is 0 Å². The van der Waals surface area contributed by atoms with Crippen LogP contribution in [0.25, 0.3) is 6.08 Å². The Morgan fingerprint density at radius 1 is 1.00 bits per heavy atom. The van der Waals surface area contributed by atoms with Crippen LogP contribution in [-0.2, 0) is 16.0 Å². The Morgan fingerprint density at radius 3 is 2.44 bits per heavy atom. The van der Waals surface area contributed by atoms with Crippen LogP contribution in [0.2, 0.25) is 0 Å². The lowest BCUT2D eigenvalue weighted by molar-refractivity contribution is -0.277. The molecule has 0 saturated carbocycles. The number of hydrogen-bond donors (Lipinski definition) is 6. The quantitative estimate of drug-likeness (QED) is 0.241. The van der Waals surface area contributed by atoms with Gasteiger partial charge in [-0.25, -0.2) is 0 Å². The van der Waals surface area contributed by atoms with Crippen LogP contribution in [0, 0.1) is 0 Å². The molecule has 2 aromatic carbocycles. The number of aromatic hydroxyl groups is 1. The van der Waals surface area contributed by atoms with E-state index < -0.39 is 37.3 Å². The highest BCUT2D eigenvalue weighted by atomic mass is 16.7. The summed E-state index contributed by atoms with van der Waals surface area (Å²) in [6.45, 7) is -0.191. The summed E-state index contributed by atoms with van der Waals surface area (Å²) in [5.74, 6) is 0.574. The Bertz CT molecular complexity index is 1060. The molecule has 0 bridgehead atoms. The van der Waals surface area contributed by atoms with Crippen molar-refractivity contribution in [2.75, 3.05) is 27.4 Å². The van der Waals surface area contributed by atoms with E-state index >= 15 is 0 Å². The Kier molecular flexibility index (Phi) is 9.51. The highest BCUT2D eigenvalue weighted by Crippen LogP contribution is 2.32. The smallest absolute Gasteiger partial charge is 0.244 e. The van der Waals surface area contributed by atoms with Gasteiger partial charge in [0, 0.05) is 12.6 Å². The lowest BCUT2D eigenvalue weighted by Gasteiger charge is -2.39. The monoisotopic (exact) mass is 505 g/mol. The number of ether oxygens (including phenoxy) is 4. The molecule has 5 unspecified atom stereocenters. The van der Waals surface area contributed by atoms with Gasteiger partial charge in [-0.15, -0.1) is 0 Å². The Balaban J connectivity index is 1.57. The number of methoxy groups -OCH3 is 2. The molecule has 1 fully saturated rings. The minimum Gasteiger partial charge on any atom is -0.504 e. The Morgan fingerprint density at radius 2 is 1.75 bits per heavy atom. The number of rotatable bonds is 10. The van der Waals surface area contributed by atoms with Gasteiger partial charge in [0.05, 0.1) is 20.8 Å². The number of benzene rings is 2.